The van der Waals surface area contributed by atoms with Crippen LogP contribution in [0.15, 0.2) is 6.20 Å². The lowest BCUT2D eigenvalue weighted by Gasteiger charge is -2.07. The second-order valence-corrected chi connectivity index (χ2v) is 3.32. The first-order chi connectivity index (χ1) is 5.52. The van der Waals surface area contributed by atoms with Crippen molar-refractivity contribution in [1.82, 2.24) is 4.98 Å². The van der Waals surface area contributed by atoms with E-state index in [2.05, 4.69) is 4.98 Å². The molecule has 0 aromatic carbocycles. The van der Waals surface area contributed by atoms with E-state index in [4.69, 9.17) is 0 Å². The van der Waals surface area contributed by atoms with Crippen LogP contribution in [-0.2, 0) is 0 Å². The third-order valence-electron chi connectivity index (χ3n) is 1.99. The standard InChI is InChI=1S/C9H14N2O/c1-6(2)9-5-11(12)8(4)7(3)10-9/h5-6H,1-4H3. The molecule has 66 valence electrons. The van der Waals surface area contributed by atoms with Gasteiger partial charge in [0.1, 0.15) is 11.4 Å². The maximum Gasteiger partial charge on any atom is 0.210 e. The third-order valence-corrected chi connectivity index (χ3v) is 1.99. The largest absolute Gasteiger partial charge is 0.618 e. The summed E-state index contributed by atoms with van der Waals surface area (Å²) in [6.45, 7) is 7.68. The molecule has 0 fully saturated rings. The summed E-state index contributed by atoms with van der Waals surface area (Å²) in [7, 11) is 0. The molecule has 12 heavy (non-hydrogen) atoms. The van der Waals surface area contributed by atoms with E-state index in [9.17, 15) is 5.21 Å². The van der Waals surface area contributed by atoms with Gasteiger partial charge in [-0.25, -0.2) is 4.98 Å². The Balaban J connectivity index is 3.21. The first kappa shape index (κ1) is 8.97. The molecule has 0 spiro atoms. The van der Waals surface area contributed by atoms with Gasteiger partial charge in [-0.05, 0) is 6.92 Å². The third kappa shape index (κ3) is 1.55. The van der Waals surface area contributed by atoms with E-state index < -0.39 is 0 Å². The molecule has 1 aromatic rings. The van der Waals surface area contributed by atoms with E-state index in [1.54, 1.807) is 13.1 Å². The van der Waals surface area contributed by atoms with Crippen molar-refractivity contribution in [2.75, 3.05) is 0 Å². The van der Waals surface area contributed by atoms with Gasteiger partial charge in [0.2, 0.25) is 11.9 Å². The normalized spacial score (nSPS) is 10.8. The van der Waals surface area contributed by atoms with Gasteiger partial charge in [0.25, 0.3) is 0 Å². The van der Waals surface area contributed by atoms with Crippen LogP contribution in [0.25, 0.3) is 0 Å². The summed E-state index contributed by atoms with van der Waals surface area (Å²) in [5, 5.41) is 11.2. The molecule has 3 heteroatoms. The second kappa shape index (κ2) is 3.09. The average molecular weight is 166 g/mol. The Kier molecular flexibility index (Phi) is 2.31. The van der Waals surface area contributed by atoms with Crippen LogP contribution >= 0.6 is 0 Å². The predicted octanol–water partition coefficient (Wildman–Crippen LogP) is 1.46. The molecule has 0 amide bonds. The van der Waals surface area contributed by atoms with Crippen LogP contribution in [-0.4, -0.2) is 4.98 Å². The monoisotopic (exact) mass is 166 g/mol. The molecule has 0 aliphatic carbocycles. The smallest absolute Gasteiger partial charge is 0.210 e. The molecule has 1 aromatic heterocycles. The summed E-state index contributed by atoms with van der Waals surface area (Å²) in [4.78, 5) is 4.31. The highest BCUT2D eigenvalue weighted by atomic mass is 16.5. The number of hydrogen-bond donors (Lipinski definition) is 0. The van der Waals surface area contributed by atoms with Crippen molar-refractivity contribution in [3.05, 3.63) is 28.5 Å². The van der Waals surface area contributed by atoms with Crippen molar-refractivity contribution >= 4 is 0 Å². The van der Waals surface area contributed by atoms with Gasteiger partial charge in [0.05, 0.1) is 0 Å². The highest BCUT2D eigenvalue weighted by Gasteiger charge is 2.10. The quantitative estimate of drug-likeness (QED) is 0.468. The zero-order valence-corrected chi connectivity index (χ0v) is 7.96. The second-order valence-electron chi connectivity index (χ2n) is 3.32. The molecule has 3 nitrogen and oxygen atoms in total. The molecule has 0 atom stereocenters. The fourth-order valence-corrected chi connectivity index (χ4v) is 0.958. The zero-order chi connectivity index (χ0) is 9.30. The summed E-state index contributed by atoms with van der Waals surface area (Å²) in [6, 6.07) is 0. The Bertz CT molecular complexity index is 272. The molecule has 0 aliphatic rings. The van der Waals surface area contributed by atoms with Crippen molar-refractivity contribution in [2.45, 2.75) is 33.6 Å². The van der Waals surface area contributed by atoms with Gasteiger partial charge in [0, 0.05) is 12.8 Å². The van der Waals surface area contributed by atoms with E-state index in [0.29, 0.717) is 11.6 Å². The Labute approximate surface area is 72.7 Å². The van der Waals surface area contributed by atoms with Crippen LogP contribution in [0.5, 0.6) is 0 Å². The SMILES string of the molecule is Cc1nc(C(C)C)c[n+]([O-])c1C. The van der Waals surface area contributed by atoms with Gasteiger partial charge in [-0.3, -0.25) is 0 Å². The van der Waals surface area contributed by atoms with Crippen LogP contribution < -0.4 is 4.73 Å². The van der Waals surface area contributed by atoms with Crippen LogP contribution in [0.1, 0.15) is 36.8 Å². The van der Waals surface area contributed by atoms with E-state index in [-0.39, 0.29) is 0 Å². The van der Waals surface area contributed by atoms with Crippen molar-refractivity contribution in [3.8, 4) is 0 Å². The number of aryl methyl sites for hydroxylation is 1. The van der Waals surface area contributed by atoms with Crippen molar-refractivity contribution in [3.63, 3.8) is 0 Å². The Morgan fingerprint density at radius 1 is 1.42 bits per heavy atom. The minimum atomic E-state index is 0.310. The Morgan fingerprint density at radius 3 is 2.42 bits per heavy atom. The van der Waals surface area contributed by atoms with E-state index in [0.717, 1.165) is 16.1 Å². The molecular weight excluding hydrogens is 152 g/mol. The van der Waals surface area contributed by atoms with Crippen molar-refractivity contribution < 1.29 is 4.73 Å². The minimum absolute atomic E-state index is 0.310. The molecular formula is C9H14N2O. The van der Waals surface area contributed by atoms with Crippen LogP contribution in [0.3, 0.4) is 0 Å². The van der Waals surface area contributed by atoms with Crippen LogP contribution in [0.4, 0.5) is 0 Å². The fourth-order valence-electron chi connectivity index (χ4n) is 0.958. The van der Waals surface area contributed by atoms with Gasteiger partial charge in [-0.15, -0.1) is 0 Å². The van der Waals surface area contributed by atoms with Crippen molar-refractivity contribution in [2.24, 2.45) is 0 Å². The van der Waals surface area contributed by atoms with Gasteiger partial charge in [0.15, 0.2) is 0 Å². The van der Waals surface area contributed by atoms with Crippen LogP contribution in [0.2, 0.25) is 0 Å². The first-order valence-corrected chi connectivity index (χ1v) is 4.09. The summed E-state index contributed by atoms with van der Waals surface area (Å²) in [5.41, 5.74) is 2.35. The highest BCUT2D eigenvalue weighted by Crippen LogP contribution is 2.10. The molecule has 0 bridgehead atoms. The number of aromatic nitrogens is 2. The highest BCUT2D eigenvalue weighted by molar-refractivity contribution is 5.07. The van der Waals surface area contributed by atoms with E-state index in [1.807, 2.05) is 20.8 Å². The summed E-state index contributed by atoms with van der Waals surface area (Å²) in [5.74, 6) is 0.310. The van der Waals surface area contributed by atoms with Gasteiger partial charge >= 0.3 is 0 Å². The maximum atomic E-state index is 11.2. The Hall–Kier alpha value is -1.12. The summed E-state index contributed by atoms with van der Waals surface area (Å²) in [6.07, 6.45) is 1.55. The fraction of sp³-hybridized carbons (Fsp3) is 0.556. The number of nitrogens with zero attached hydrogens (tertiary/aromatic N) is 2. The molecule has 1 heterocycles. The Morgan fingerprint density at radius 2 is 2.00 bits per heavy atom. The summed E-state index contributed by atoms with van der Waals surface area (Å²) >= 11 is 0. The average Bonchev–Trinajstić information content (AvgIpc) is 1.99. The molecule has 0 aliphatic heterocycles. The summed E-state index contributed by atoms with van der Waals surface area (Å²) < 4.78 is 0.887. The predicted molar refractivity (Wildman–Crippen MR) is 46.8 cm³/mol. The minimum Gasteiger partial charge on any atom is -0.618 e. The molecule has 0 saturated carbocycles. The van der Waals surface area contributed by atoms with Gasteiger partial charge in [-0.1, -0.05) is 13.8 Å². The van der Waals surface area contributed by atoms with E-state index >= 15 is 0 Å². The molecule has 1 rings (SSSR count). The topological polar surface area (TPSA) is 39.8 Å². The lowest BCUT2D eigenvalue weighted by atomic mass is 10.1. The van der Waals surface area contributed by atoms with Crippen molar-refractivity contribution in [1.29, 1.82) is 0 Å². The molecule has 0 saturated heterocycles. The van der Waals surface area contributed by atoms with E-state index in [1.165, 1.54) is 0 Å². The molecule has 0 N–H and O–H groups in total. The molecule has 0 unspecified atom stereocenters. The molecule has 0 radical (unpaired) electrons. The van der Waals surface area contributed by atoms with Gasteiger partial charge in [-0.2, -0.15) is 4.73 Å². The first-order valence-electron chi connectivity index (χ1n) is 4.09. The zero-order valence-electron chi connectivity index (χ0n) is 7.96. The lowest BCUT2D eigenvalue weighted by molar-refractivity contribution is -0.613. The number of rotatable bonds is 1. The van der Waals surface area contributed by atoms with Gasteiger partial charge < -0.3 is 5.21 Å². The lowest BCUT2D eigenvalue weighted by Crippen LogP contribution is -2.32. The number of hydrogen-bond acceptors (Lipinski definition) is 2. The van der Waals surface area contributed by atoms with Crippen LogP contribution in [0, 0.1) is 19.1 Å². The maximum absolute atomic E-state index is 11.2.